The summed E-state index contributed by atoms with van der Waals surface area (Å²) in [5.41, 5.74) is 0.515. The Bertz CT molecular complexity index is 620. The fourth-order valence-electron chi connectivity index (χ4n) is 2.55. The lowest BCUT2D eigenvalue weighted by molar-refractivity contribution is 0.0316. The molecule has 23 heavy (non-hydrogen) atoms. The summed E-state index contributed by atoms with van der Waals surface area (Å²) in [6.45, 7) is 7.21. The molecule has 6 nitrogen and oxygen atoms in total. The van der Waals surface area contributed by atoms with E-state index in [0.29, 0.717) is 18.8 Å². The lowest BCUT2D eigenvalue weighted by atomic mass is 10.3. The molecule has 1 aliphatic heterocycles. The van der Waals surface area contributed by atoms with E-state index in [1.165, 1.54) is 11.3 Å². The van der Waals surface area contributed by atoms with Gasteiger partial charge in [-0.15, -0.1) is 11.3 Å². The van der Waals surface area contributed by atoms with Crippen LogP contribution < -0.4 is 0 Å². The zero-order valence-corrected chi connectivity index (χ0v) is 14.1. The molecule has 124 valence electrons. The summed E-state index contributed by atoms with van der Waals surface area (Å²) in [4.78, 5) is 21.2. The smallest absolute Gasteiger partial charge is 0.273 e. The number of aryl methyl sites for hydroxylation is 1. The second-order valence-electron chi connectivity index (χ2n) is 5.51. The van der Waals surface area contributed by atoms with Crippen LogP contribution in [0.1, 0.15) is 21.3 Å². The van der Waals surface area contributed by atoms with Gasteiger partial charge < -0.3 is 14.1 Å². The van der Waals surface area contributed by atoms with E-state index in [1.54, 1.807) is 6.26 Å². The van der Waals surface area contributed by atoms with Crippen LogP contribution in [-0.2, 0) is 11.3 Å². The van der Waals surface area contributed by atoms with Crippen LogP contribution in [0.2, 0.25) is 0 Å². The maximum atomic E-state index is 12.7. The highest BCUT2D eigenvalue weighted by Gasteiger charge is 2.21. The van der Waals surface area contributed by atoms with Gasteiger partial charge in [0.05, 0.1) is 31.0 Å². The number of hydrogen-bond acceptors (Lipinski definition) is 6. The van der Waals surface area contributed by atoms with Gasteiger partial charge in [-0.2, -0.15) is 0 Å². The fourth-order valence-corrected chi connectivity index (χ4v) is 3.14. The van der Waals surface area contributed by atoms with Crippen molar-refractivity contribution >= 4 is 17.2 Å². The van der Waals surface area contributed by atoms with Crippen LogP contribution >= 0.6 is 11.3 Å². The van der Waals surface area contributed by atoms with Crippen LogP contribution in [0.15, 0.2) is 28.2 Å². The molecule has 2 aromatic rings. The monoisotopic (exact) mass is 335 g/mol. The molecule has 3 rings (SSSR count). The number of furan rings is 1. The Morgan fingerprint density at radius 3 is 2.91 bits per heavy atom. The Morgan fingerprint density at radius 1 is 1.43 bits per heavy atom. The number of ether oxygens (including phenoxy) is 1. The number of carbonyl (C=O) groups excluding carboxylic acids is 1. The topological polar surface area (TPSA) is 58.8 Å². The van der Waals surface area contributed by atoms with Crippen LogP contribution in [-0.4, -0.2) is 60.1 Å². The highest BCUT2D eigenvalue weighted by atomic mass is 32.1. The molecule has 0 aromatic carbocycles. The molecule has 0 saturated carbocycles. The molecule has 0 spiro atoms. The molecule has 1 aliphatic rings. The maximum Gasteiger partial charge on any atom is 0.273 e. The molecule has 0 radical (unpaired) electrons. The van der Waals surface area contributed by atoms with E-state index in [4.69, 9.17) is 9.15 Å². The molecule has 3 heterocycles. The van der Waals surface area contributed by atoms with Crippen molar-refractivity contribution in [3.8, 4) is 0 Å². The van der Waals surface area contributed by atoms with Crippen LogP contribution in [0.4, 0.5) is 0 Å². The first-order chi connectivity index (χ1) is 11.2. The number of morpholine rings is 1. The highest BCUT2D eigenvalue weighted by molar-refractivity contribution is 7.09. The molecular formula is C16H21N3O3S. The van der Waals surface area contributed by atoms with Crippen molar-refractivity contribution in [2.75, 3.05) is 39.4 Å². The molecule has 0 atom stereocenters. The molecule has 0 aliphatic carbocycles. The summed E-state index contributed by atoms with van der Waals surface area (Å²) in [6, 6.07) is 3.73. The highest BCUT2D eigenvalue weighted by Crippen LogP contribution is 2.14. The van der Waals surface area contributed by atoms with E-state index in [9.17, 15) is 4.79 Å². The second-order valence-corrected chi connectivity index (χ2v) is 6.57. The van der Waals surface area contributed by atoms with E-state index in [2.05, 4.69) is 9.88 Å². The molecule has 7 heteroatoms. The van der Waals surface area contributed by atoms with Crippen molar-refractivity contribution in [3.05, 3.63) is 40.2 Å². The van der Waals surface area contributed by atoms with Crippen molar-refractivity contribution in [1.82, 2.24) is 14.8 Å². The largest absolute Gasteiger partial charge is 0.467 e. The van der Waals surface area contributed by atoms with Crippen molar-refractivity contribution in [3.63, 3.8) is 0 Å². The molecular weight excluding hydrogens is 314 g/mol. The van der Waals surface area contributed by atoms with Gasteiger partial charge in [-0.1, -0.05) is 0 Å². The predicted octanol–water partition coefficient (Wildman–Crippen LogP) is 2.02. The number of nitrogens with zero attached hydrogens (tertiary/aromatic N) is 3. The van der Waals surface area contributed by atoms with Gasteiger partial charge in [0.25, 0.3) is 5.91 Å². The minimum atomic E-state index is -0.0426. The molecule has 0 bridgehead atoms. The zero-order valence-electron chi connectivity index (χ0n) is 13.2. The van der Waals surface area contributed by atoms with Gasteiger partial charge in [0.15, 0.2) is 0 Å². The lowest BCUT2D eigenvalue weighted by Gasteiger charge is -2.29. The zero-order chi connectivity index (χ0) is 16.1. The fraction of sp³-hybridized carbons (Fsp3) is 0.500. The van der Waals surface area contributed by atoms with Gasteiger partial charge >= 0.3 is 0 Å². The normalized spacial score (nSPS) is 15.7. The third-order valence-electron chi connectivity index (χ3n) is 3.84. The van der Waals surface area contributed by atoms with Gasteiger partial charge in [0.2, 0.25) is 0 Å². The minimum Gasteiger partial charge on any atom is -0.467 e. The van der Waals surface area contributed by atoms with Gasteiger partial charge in [-0.25, -0.2) is 4.98 Å². The third kappa shape index (κ3) is 4.40. The van der Waals surface area contributed by atoms with Crippen molar-refractivity contribution in [2.24, 2.45) is 0 Å². The molecule has 2 aromatic heterocycles. The standard InChI is InChI=1S/C16H21N3O3S/c1-13-17-15(12-23-13)16(20)19(11-14-3-2-8-22-14)5-4-18-6-9-21-10-7-18/h2-3,8,12H,4-7,9-11H2,1H3. The molecule has 1 saturated heterocycles. The van der Waals surface area contributed by atoms with Gasteiger partial charge in [0, 0.05) is 31.6 Å². The molecule has 1 amide bonds. The number of carbonyl (C=O) groups is 1. The van der Waals surface area contributed by atoms with Crippen LogP contribution in [0.3, 0.4) is 0 Å². The second kappa shape index (κ2) is 7.72. The van der Waals surface area contributed by atoms with Gasteiger partial charge in [-0.3, -0.25) is 9.69 Å². The SMILES string of the molecule is Cc1nc(C(=O)N(CCN2CCOCC2)Cc2ccco2)cs1. The van der Waals surface area contributed by atoms with Gasteiger partial charge in [0.1, 0.15) is 11.5 Å². The minimum absolute atomic E-state index is 0.0426. The number of rotatable bonds is 6. The van der Waals surface area contributed by atoms with Crippen molar-refractivity contribution in [1.29, 1.82) is 0 Å². The first kappa shape index (κ1) is 16.2. The van der Waals surface area contributed by atoms with Crippen LogP contribution in [0.5, 0.6) is 0 Å². The summed E-state index contributed by atoms with van der Waals surface area (Å²) in [5, 5.41) is 2.72. The van der Waals surface area contributed by atoms with Crippen molar-refractivity contribution in [2.45, 2.75) is 13.5 Å². The number of amides is 1. The van der Waals surface area contributed by atoms with Crippen LogP contribution in [0, 0.1) is 6.92 Å². The third-order valence-corrected chi connectivity index (χ3v) is 4.62. The Kier molecular flexibility index (Phi) is 5.43. The number of aromatic nitrogens is 1. The Hall–Kier alpha value is -1.70. The molecule has 0 N–H and O–H groups in total. The summed E-state index contributed by atoms with van der Waals surface area (Å²) >= 11 is 1.50. The predicted molar refractivity (Wildman–Crippen MR) is 87.6 cm³/mol. The van der Waals surface area contributed by atoms with Gasteiger partial charge in [-0.05, 0) is 19.1 Å². The molecule has 0 unspecified atom stereocenters. The lowest BCUT2D eigenvalue weighted by Crippen LogP contribution is -2.43. The van der Waals surface area contributed by atoms with E-state index in [-0.39, 0.29) is 5.91 Å². The summed E-state index contributed by atoms with van der Waals surface area (Å²) < 4.78 is 10.8. The number of thiazole rings is 1. The first-order valence-electron chi connectivity index (χ1n) is 7.76. The van der Waals surface area contributed by atoms with E-state index in [0.717, 1.165) is 43.6 Å². The first-order valence-corrected chi connectivity index (χ1v) is 8.64. The van der Waals surface area contributed by atoms with Crippen molar-refractivity contribution < 1.29 is 13.9 Å². The average Bonchev–Trinajstić information content (AvgIpc) is 3.23. The quantitative estimate of drug-likeness (QED) is 0.808. The van der Waals surface area contributed by atoms with E-state index >= 15 is 0 Å². The molecule has 1 fully saturated rings. The van der Waals surface area contributed by atoms with E-state index < -0.39 is 0 Å². The maximum absolute atomic E-state index is 12.7. The summed E-state index contributed by atoms with van der Waals surface area (Å²) in [6.07, 6.45) is 1.63. The number of hydrogen-bond donors (Lipinski definition) is 0. The average molecular weight is 335 g/mol. The Labute approximate surface area is 139 Å². The Balaban J connectivity index is 1.66. The summed E-state index contributed by atoms with van der Waals surface area (Å²) in [7, 11) is 0. The van der Waals surface area contributed by atoms with Crippen LogP contribution in [0.25, 0.3) is 0 Å². The Morgan fingerprint density at radius 2 is 2.26 bits per heavy atom. The summed E-state index contributed by atoms with van der Waals surface area (Å²) in [5.74, 6) is 0.742. The van der Waals surface area contributed by atoms with E-state index in [1.807, 2.05) is 29.3 Å².